The van der Waals surface area contributed by atoms with Crippen LogP contribution in [-0.4, -0.2) is 24.5 Å². The predicted molar refractivity (Wildman–Crippen MR) is 97.7 cm³/mol. The highest BCUT2D eigenvalue weighted by molar-refractivity contribution is 6.03. The average Bonchev–Trinajstić information content (AvgIpc) is 3.45. The molecule has 3 rings (SSSR count). The molecule has 0 radical (unpaired) electrons. The number of rotatable bonds is 7. The standard InChI is InChI=1S/C20H18F2N2O3/c21-20(22)27-17-9-4-13(5-10-17)6-11-18(25)23-16-3-1-2-14(12-16)19(26)24-15-7-8-15/h1-6,9-12,15,20H,7-8H2,(H,23,25)(H,24,26)/b11-6+. The molecular weight excluding hydrogens is 354 g/mol. The smallest absolute Gasteiger partial charge is 0.387 e. The third kappa shape index (κ3) is 5.91. The highest BCUT2D eigenvalue weighted by atomic mass is 19.3. The van der Waals surface area contributed by atoms with E-state index in [-0.39, 0.29) is 23.6 Å². The van der Waals surface area contributed by atoms with E-state index in [0.29, 0.717) is 16.8 Å². The minimum atomic E-state index is -2.88. The molecule has 5 nitrogen and oxygen atoms in total. The first-order chi connectivity index (χ1) is 13.0. The van der Waals surface area contributed by atoms with Gasteiger partial charge in [-0.2, -0.15) is 8.78 Å². The SMILES string of the molecule is O=C(/C=C/c1ccc(OC(F)F)cc1)Nc1cccc(C(=O)NC2CC2)c1. The van der Waals surface area contributed by atoms with Crippen LogP contribution in [0.3, 0.4) is 0 Å². The van der Waals surface area contributed by atoms with Crippen molar-refractivity contribution in [2.24, 2.45) is 0 Å². The van der Waals surface area contributed by atoms with E-state index < -0.39 is 6.61 Å². The summed E-state index contributed by atoms with van der Waals surface area (Å²) >= 11 is 0. The van der Waals surface area contributed by atoms with E-state index in [1.54, 1.807) is 42.5 Å². The molecule has 0 aliphatic heterocycles. The molecule has 0 unspecified atom stereocenters. The van der Waals surface area contributed by atoms with Gasteiger partial charge in [0.2, 0.25) is 5.91 Å². The lowest BCUT2D eigenvalue weighted by atomic mass is 10.2. The Kier molecular flexibility index (Phi) is 5.80. The molecule has 0 aromatic heterocycles. The fourth-order valence-electron chi connectivity index (χ4n) is 2.35. The third-order valence-corrected chi connectivity index (χ3v) is 3.84. The minimum absolute atomic E-state index is 0.0490. The summed E-state index contributed by atoms with van der Waals surface area (Å²) in [7, 11) is 0. The zero-order valence-corrected chi connectivity index (χ0v) is 14.3. The molecule has 27 heavy (non-hydrogen) atoms. The Hall–Kier alpha value is -3.22. The lowest BCUT2D eigenvalue weighted by Gasteiger charge is -2.06. The molecule has 1 aliphatic carbocycles. The summed E-state index contributed by atoms with van der Waals surface area (Å²) in [5, 5.41) is 5.58. The zero-order chi connectivity index (χ0) is 19.2. The maximum absolute atomic E-state index is 12.1. The van der Waals surface area contributed by atoms with Crippen molar-refractivity contribution in [1.82, 2.24) is 5.32 Å². The van der Waals surface area contributed by atoms with Crippen molar-refractivity contribution >= 4 is 23.6 Å². The van der Waals surface area contributed by atoms with Crippen LogP contribution < -0.4 is 15.4 Å². The van der Waals surface area contributed by atoms with E-state index in [1.807, 2.05) is 0 Å². The molecule has 7 heteroatoms. The summed E-state index contributed by atoms with van der Waals surface area (Å²) in [5.74, 6) is -0.481. The van der Waals surface area contributed by atoms with Crippen molar-refractivity contribution < 1.29 is 23.1 Å². The van der Waals surface area contributed by atoms with E-state index in [4.69, 9.17) is 0 Å². The minimum Gasteiger partial charge on any atom is -0.435 e. The van der Waals surface area contributed by atoms with Gasteiger partial charge < -0.3 is 15.4 Å². The number of alkyl halides is 2. The molecular formula is C20H18F2N2O3. The number of hydrogen-bond acceptors (Lipinski definition) is 3. The van der Waals surface area contributed by atoms with Gasteiger partial charge in [0.25, 0.3) is 5.91 Å². The van der Waals surface area contributed by atoms with Crippen LogP contribution in [0, 0.1) is 0 Å². The quantitative estimate of drug-likeness (QED) is 0.726. The Morgan fingerprint density at radius 3 is 2.52 bits per heavy atom. The Balaban J connectivity index is 1.56. The molecule has 0 bridgehead atoms. The van der Waals surface area contributed by atoms with Gasteiger partial charge in [-0.05, 0) is 54.8 Å². The molecule has 2 aromatic carbocycles. The average molecular weight is 372 g/mol. The number of ether oxygens (including phenoxy) is 1. The van der Waals surface area contributed by atoms with E-state index in [0.717, 1.165) is 12.8 Å². The van der Waals surface area contributed by atoms with Crippen molar-refractivity contribution in [3.05, 3.63) is 65.7 Å². The second-order valence-corrected chi connectivity index (χ2v) is 6.10. The van der Waals surface area contributed by atoms with Crippen molar-refractivity contribution in [1.29, 1.82) is 0 Å². The number of carbonyl (C=O) groups excluding carboxylic acids is 2. The Bertz CT molecular complexity index is 847. The number of anilines is 1. The summed E-state index contributed by atoms with van der Waals surface area (Å²) in [6.07, 6.45) is 4.87. The van der Waals surface area contributed by atoms with Gasteiger partial charge in [-0.1, -0.05) is 18.2 Å². The largest absolute Gasteiger partial charge is 0.435 e. The number of benzene rings is 2. The summed E-state index contributed by atoms with van der Waals surface area (Å²) < 4.78 is 28.5. The topological polar surface area (TPSA) is 67.4 Å². The van der Waals surface area contributed by atoms with Crippen LogP contribution in [0.4, 0.5) is 14.5 Å². The van der Waals surface area contributed by atoms with Gasteiger partial charge in [-0.3, -0.25) is 9.59 Å². The summed E-state index contributed by atoms with van der Waals surface area (Å²) in [5.41, 5.74) is 1.65. The molecule has 0 spiro atoms. The Morgan fingerprint density at radius 2 is 1.85 bits per heavy atom. The molecule has 2 amide bonds. The molecule has 0 heterocycles. The fourth-order valence-corrected chi connectivity index (χ4v) is 2.35. The van der Waals surface area contributed by atoms with Gasteiger partial charge in [-0.25, -0.2) is 0 Å². The van der Waals surface area contributed by atoms with Crippen molar-refractivity contribution in [3.8, 4) is 5.75 Å². The van der Waals surface area contributed by atoms with Crippen molar-refractivity contribution in [2.75, 3.05) is 5.32 Å². The predicted octanol–water partition coefficient (Wildman–Crippen LogP) is 3.83. The summed E-state index contributed by atoms with van der Waals surface area (Å²) in [6.45, 7) is -2.88. The third-order valence-electron chi connectivity index (χ3n) is 3.84. The van der Waals surface area contributed by atoms with E-state index in [9.17, 15) is 18.4 Å². The second-order valence-electron chi connectivity index (χ2n) is 6.10. The molecule has 0 saturated heterocycles. The van der Waals surface area contributed by atoms with Crippen LogP contribution in [-0.2, 0) is 4.79 Å². The van der Waals surface area contributed by atoms with Gasteiger partial charge in [0.05, 0.1) is 0 Å². The molecule has 0 atom stereocenters. The van der Waals surface area contributed by atoms with Gasteiger partial charge in [0.15, 0.2) is 0 Å². The molecule has 1 fully saturated rings. The summed E-state index contributed by atoms with van der Waals surface area (Å²) in [6, 6.07) is 12.9. The van der Waals surface area contributed by atoms with E-state index in [2.05, 4.69) is 15.4 Å². The van der Waals surface area contributed by atoms with Crippen LogP contribution in [0.1, 0.15) is 28.8 Å². The molecule has 2 aromatic rings. The molecule has 1 aliphatic rings. The van der Waals surface area contributed by atoms with Gasteiger partial charge in [-0.15, -0.1) is 0 Å². The summed E-state index contributed by atoms with van der Waals surface area (Å²) in [4.78, 5) is 24.1. The first-order valence-corrected chi connectivity index (χ1v) is 8.44. The molecule has 140 valence electrons. The highest BCUT2D eigenvalue weighted by Crippen LogP contribution is 2.20. The number of amides is 2. The molecule has 1 saturated carbocycles. The number of halogens is 2. The monoisotopic (exact) mass is 372 g/mol. The van der Waals surface area contributed by atoms with E-state index >= 15 is 0 Å². The lowest BCUT2D eigenvalue weighted by Crippen LogP contribution is -2.25. The first kappa shape index (κ1) is 18.6. The number of nitrogens with one attached hydrogen (secondary N) is 2. The van der Waals surface area contributed by atoms with Crippen LogP contribution in [0.25, 0.3) is 6.08 Å². The maximum Gasteiger partial charge on any atom is 0.387 e. The zero-order valence-electron chi connectivity index (χ0n) is 14.3. The van der Waals surface area contributed by atoms with Gasteiger partial charge in [0.1, 0.15) is 5.75 Å². The Morgan fingerprint density at radius 1 is 1.11 bits per heavy atom. The second kappa shape index (κ2) is 8.44. The van der Waals surface area contributed by atoms with Crippen LogP contribution in [0.2, 0.25) is 0 Å². The normalized spacial score (nSPS) is 13.6. The Labute approximate surface area is 155 Å². The van der Waals surface area contributed by atoms with Crippen LogP contribution in [0.5, 0.6) is 5.75 Å². The van der Waals surface area contributed by atoms with Crippen molar-refractivity contribution in [3.63, 3.8) is 0 Å². The number of hydrogen-bond donors (Lipinski definition) is 2. The highest BCUT2D eigenvalue weighted by Gasteiger charge is 2.23. The van der Waals surface area contributed by atoms with Crippen LogP contribution >= 0.6 is 0 Å². The van der Waals surface area contributed by atoms with Gasteiger partial charge in [0, 0.05) is 23.4 Å². The first-order valence-electron chi connectivity index (χ1n) is 8.44. The molecule has 2 N–H and O–H groups in total. The number of carbonyl (C=O) groups is 2. The van der Waals surface area contributed by atoms with Crippen molar-refractivity contribution in [2.45, 2.75) is 25.5 Å². The van der Waals surface area contributed by atoms with Crippen LogP contribution in [0.15, 0.2) is 54.6 Å². The maximum atomic E-state index is 12.1. The fraction of sp³-hybridized carbons (Fsp3) is 0.200. The lowest BCUT2D eigenvalue weighted by molar-refractivity contribution is -0.111. The van der Waals surface area contributed by atoms with Gasteiger partial charge >= 0.3 is 6.61 Å². The van der Waals surface area contributed by atoms with E-state index in [1.165, 1.54) is 18.2 Å².